The molecule has 2 N–H and O–H groups in total. The van der Waals surface area contributed by atoms with Crippen molar-refractivity contribution in [3.63, 3.8) is 0 Å². The van der Waals surface area contributed by atoms with Gasteiger partial charge in [0.05, 0.1) is 22.4 Å². The molecule has 6 heteroatoms. The second kappa shape index (κ2) is 4.67. The van der Waals surface area contributed by atoms with Crippen molar-refractivity contribution in [3.8, 4) is 0 Å². The summed E-state index contributed by atoms with van der Waals surface area (Å²) in [5, 5.41) is 9.01. The van der Waals surface area contributed by atoms with Gasteiger partial charge in [0.1, 0.15) is 5.82 Å². The number of rotatable bonds is 2. The molecule has 0 unspecified atom stereocenters. The van der Waals surface area contributed by atoms with E-state index in [1.165, 1.54) is 0 Å². The molecule has 0 atom stereocenters. The first-order valence-electron chi connectivity index (χ1n) is 6.21. The molecule has 0 aliphatic carbocycles. The van der Waals surface area contributed by atoms with Gasteiger partial charge in [0, 0.05) is 24.2 Å². The Kier molecular flexibility index (Phi) is 3.47. The van der Waals surface area contributed by atoms with Crippen molar-refractivity contribution < 1.29 is 0 Å². The van der Waals surface area contributed by atoms with Crippen LogP contribution in [-0.4, -0.2) is 19.6 Å². The summed E-state index contributed by atoms with van der Waals surface area (Å²) in [4.78, 5) is 0. The third-order valence-electron chi connectivity index (χ3n) is 3.03. The second-order valence-electron chi connectivity index (χ2n) is 5.87. The minimum absolute atomic E-state index is 0.00475. The summed E-state index contributed by atoms with van der Waals surface area (Å²) in [5.41, 5.74) is 9.18. The van der Waals surface area contributed by atoms with Crippen LogP contribution in [-0.2, 0) is 19.0 Å². The fraction of sp³-hybridized carbons (Fsp3) is 0.538. The van der Waals surface area contributed by atoms with Crippen LogP contribution in [0.25, 0.3) is 0 Å². The van der Waals surface area contributed by atoms with Crippen molar-refractivity contribution in [2.45, 2.75) is 39.7 Å². The van der Waals surface area contributed by atoms with Crippen LogP contribution >= 0.6 is 15.9 Å². The molecule has 0 aromatic carbocycles. The van der Waals surface area contributed by atoms with Crippen LogP contribution in [0.2, 0.25) is 0 Å². The SMILES string of the molecule is Cc1nn(Cc2cn(C)nc2C(C)(C)C)c(N)c1Br. The predicted octanol–water partition coefficient (Wildman–Crippen LogP) is 2.62. The van der Waals surface area contributed by atoms with Crippen LogP contribution in [0.5, 0.6) is 0 Å². The fourth-order valence-electron chi connectivity index (χ4n) is 2.14. The molecule has 5 nitrogen and oxygen atoms in total. The Morgan fingerprint density at radius 3 is 2.42 bits per heavy atom. The Balaban J connectivity index is 2.41. The van der Waals surface area contributed by atoms with E-state index in [1.807, 2.05) is 29.5 Å². The van der Waals surface area contributed by atoms with E-state index in [2.05, 4.69) is 46.9 Å². The largest absolute Gasteiger partial charge is 0.383 e. The van der Waals surface area contributed by atoms with Gasteiger partial charge < -0.3 is 5.73 Å². The molecule has 0 fully saturated rings. The lowest BCUT2D eigenvalue weighted by molar-refractivity contribution is 0.543. The van der Waals surface area contributed by atoms with Gasteiger partial charge in [-0.05, 0) is 22.9 Å². The maximum atomic E-state index is 6.04. The lowest BCUT2D eigenvalue weighted by Gasteiger charge is -2.17. The summed E-state index contributed by atoms with van der Waals surface area (Å²) < 4.78 is 4.53. The van der Waals surface area contributed by atoms with Crippen LogP contribution in [0.15, 0.2) is 10.7 Å². The minimum Gasteiger partial charge on any atom is -0.383 e. The second-order valence-corrected chi connectivity index (χ2v) is 6.66. The molecule has 2 aromatic rings. The standard InChI is InChI=1S/C13H20BrN5/c1-8-10(14)12(15)19(16-8)7-9-6-18(5)17-11(9)13(2,3)4/h6H,7,15H2,1-5H3. The zero-order valence-corrected chi connectivity index (χ0v) is 13.6. The molecule has 0 saturated heterocycles. The molecule has 2 heterocycles. The van der Waals surface area contributed by atoms with Gasteiger partial charge in [0.2, 0.25) is 0 Å². The van der Waals surface area contributed by atoms with Gasteiger partial charge in [-0.2, -0.15) is 10.2 Å². The highest BCUT2D eigenvalue weighted by Gasteiger charge is 2.23. The number of hydrogen-bond acceptors (Lipinski definition) is 3. The van der Waals surface area contributed by atoms with E-state index in [0.29, 0.717) is 12.4 Å². The number of nitrogens with two attached hydrogens (primary N) is 1. The third kappa shape index (κ3) is 2.68. The van der Waals surface area contributed by atoms with E-state index >= 15 is 0 Å². The summed E-state index contributed by atoms with van der Waals surface area (Å²) in [5.74, 6) is 0.654. The van der Waals surface area contributed by atoms with Gasteiger partial charge in [0.25, 0.3) is 0 Å². The normalized spacial score (nSPS) is 12.1. The Labute approximate surface area is 121 Å². The first-order valence-corrected chi connectivity index (χ1v) is 7.01. The van der Waals surface area contributed by atoms with Crippen molar-refractivity contribution in [2.24, 2.45) is 7.05 Å². The van der Waals surface area contributed by atoms with Crippen molar-refractivity contribution in [2.75, 3.05) is 5.73 Å². The Morgan fingerprint density at radius 1 is 1.32 bits per heavy atom. The summed E-state index contributed by atoms with van der Waals surface area (Å²) in [6.07, 6.45) is 2.03. The zero-order chi connectivity index (χ0) is 14.4. The van der Waals surface area contributed by atoms with Crippen LogP contribution in [0.1, 0.15) is 37.7 Å². The fourth-order valence-corrected chi connectivity index (χ4v) is 2.43. The highest BCUT2D eigenvalue weighted by atomic mass is 79.9. The van der Waals surface area contributed by atoms with Crippen LogP contribution in [0.3, 0.4) is 0 Å². The smallest absolute Gasteiger partial charge is 0.136 e. The van der Waals surface area contributed by atoms with Crippen LogP contribution in [0.4, 0.5) is 5.82 Å². The number of hydrogen-bond donors (Lipinski definition) is 1. The van der Waals surface area contributed by atoms with E-state index in [-0.39, 0.29) is 5.41 Å². The molecule has 2 rings (SSSR count). The number of anilines is 1. The molecule has 0 aliphatic heterocycles. The molecule has 0 aliphatic rings. The van der Waals surface area contributed by atoms with Gasteiger partial charge in [-0.15, -0.1) is 0 Å². The first kappa shape index (κ1) is 14.1. The number of halogens is 1. The molecule has 2 aromatic heterocycles. The summed E-state index contributed by atoms with van der Waals surface area (Å²) in [6, 6.07) is 0. The minimum atomic E-state index is 0.00475. The van der Waals surface area contributed by atoms with E-state index in [1.54, 1.807) is 0 Å². The quantitative estimate of drug-likeness (QED) is 0.923. The monoisotopic (exact) mass is 325 g/mol. The van der Waals surface area contributed by atoms with Gasteiger partial charge in [-0.3, -0.25) is 4.68 Å². The van der Waals surface area contributed by atoms with Crippen molar-refractivity contribution in [3.05, 3.63) is 27.6 Å². The molecular weight excluding hydrogens is 306 g/mol. The third-order valence-corrected chi connectivity index (χ3v) is 4.01. The van der Waals surface area contributed by atoms with Crippen molar-refractivity contribution in [1.82, 2.24) is 19.6 Å². The van der Waals surface area contributed by atoms with Crippen molar-refractivity contribution >= 4 is 21.7 Å². The van der Waals surface area contributed by atoms with Gasteiger partial charge in [-0.25, -0.2) is 4.68 Å². The van der Waals surface area contributed by atoms with Gasteiger partial charge >= 0.3 is 0 Å². The molecular formula is C13H20BrN5. The van der Waals surface area contributed by atoms with Gasteiger partial charge in [-0.1, -0.05) is 20.8 Å². The lowest BCUT2D eigenvalue weighted by atomic mass is 9.89. The van der Waals surface area contributed by atoms with E-state index in [4.69, 9.17) is 5.73 Å². The maximum Gasteiger partial charge on any atom is 0.136 e. The molecule has 0 amide bonds. The van der Waals surface area contributed by atoms with E-state index in [0.717, 1.165) is 21.4 Å². The summed E-state index contributed by atoms with van der Waals surface area (Å²) in [7, 11) is 1.94. The van der Waals surface area contributed by atoms with Crippen LogP contribution in [0, 0.1) is 6.92 Å². The van der Waals surface area contributed by atoms with Crippen LogP contribution < -0.4 is 5.73 Å². The number of nitrogens with zero attached hydrogens (tertiary/aromatic N) is 4. The molecule has 104 valence electrons. The zero-order valence-electron chi connectivity index (χ0n) is 12.0. The molecule has 0 bridgehead atoms. The topological polar surface area (TPSA) is 61.7 Å². The summed E-state index contributed by atoms with van der Waals surface area (Å²) in [6.45, 7) is 9.05. The molecule has 0 saturated carbocycles. The Morgan fingerprint density at radius 2 is 1.95 bits per heavy atom. The highest BCUT2D eigenvalue weighted by molar-refractivity contribution is 9.10. The number of nitrogen functional groups attached to an aromatic ring is 1. The van der Waals surface area contributed by atoms with E-state index < -0.39 is 0 Å². The van der Waals surface area contributed by atoms with E-state index in [9.17, 15) is 0 Å². The highest BCUT2D eigenvalue weighted by Crippen LogP contribution is 2.27. The molecule has 0 spiro atoms. The lowest BCUT2D eigenvalue weighted by Crippen LogP contribution is -2.16. The number of aryl methyl sites for hydroxylation is 2. The average molecular weight is 326 g/mol. The number of aromatic nitrogens is 4. The average Bonchev–Trinajstić information content (AvgIpc) is 2.76. The first-order chi connectivity index (χ1) is 8.70. The van der Waals surface area contributed by atoms with Crippen molar-refractivity contribution in [1.29, 1.82) is 0 Å². The maximum absolute atomic E-state index is 6.04. The molecule has 0 radical (unpaired) electrons. The Hall–Kier alpha value is -1.30. The van der Waals surface area contributed by atoms with Gasteiger partial charge in [0.15, 0.2) is 0 Å². The predicted molar refractivity (Wildman–Crippen MR) is 80.1 cm³/mol. The molecule has 19 heavy (non-hydrogen) atoms. The summed E-state index contributed by atoms with van der Waals surface area (Å²) >= 11 is 3.45. The Bertz CT molecular complexity index is 603.